The summed E-state index contributed by atoms with van der Waals surface area (Å²) < 4.78 is 8.72. The highest BCUT2D eigenvalue weighted by Gasteiger charge is 2.23. The van der Waals surface area contributed by atoms with Crippen molar-refractivity contribution < 1.29 is 4.42 Å². The van der Waals surface area contributed by atoms with Gasteiger partial charge in [0, 0.05) is 37.5 Å². The Balaban J connectivity index is 1.10. The summed E-state index contributed by atoms with van der Waals surface area (Å²) in [4.78, 5) is 2.49. The Hall–Kier alpha value is -7.46. The first-order chi connectivity index (χ1) is 29.2. The fourth-order valence-corrected chi connectivity index (χ4v) is 10.3. The number of hydrogen-bond acceptors (Lipinski definition) is 3. The van der Waals surface area contributed by atoms with Crippen LogP contribution < -0.4 is 4.90 Å². The van der Waals surface area contributed by atoms with E-state index in [1.54, 1.807) is 0 Å². The van der Waals surface area contributed by atoms with Gasteiger partial charge in [0.25, 0.3) is 0 Å². The molecule has 10 aromatic carbocycles. The first-order valence-corrected chi connectivity index (χ1v) is 20.9. The van der Waals surface area contributed by atoms with Gasteiger partial charge < -0.3 is 9.32 Å². The molecule has 2 nitrogen and oxygen atoms in total. The Morgan fingerprint density at radius 3 is 1.86 bits per heavy atom. The summed E-state index contributed by atoms with van der Waals surface area (Å²) in [5, 5.41) is 9.83. The lowest BCUT2D eigenvalue weighted by molar-refractivity contribution is 0.669. The number of anilines is 3. The largest absolute Gasteiger partial charge is 0.456 e. The lowest BCUT2D eigenvalue weighted by Crippen LogP contribution is -2.11. The molecule has 276 valence electrons. The number of para-hydroxylation sites is 1. The SMILES string of the molecule is c1ccc(-c2ccc(-c3cc4ccccc4c4ccccc34)cc2N(c2ccc(-c3ccc4oc5ccccc5c4c3)cc2)c2cccc3c2sc2ccccc23)cc1. The quantitative estimate of drug-likeness (QED) is 0.157. The Morgan fingerprint density at radius 1 is 0.339 bits per heavy atom. The second-order valence-electron chi connectivity index (χ2n) is 15.2. The van der Waals surface area contributed by atoms with Crippen LogP contribution in [-0.4, -0.2) is 0 Å². The van der Waals surface area contributed by atoms with Gasteiger partial charge in [0.15, 0.2) is 0 Å². The van der Waals surface area contributed by atoms with E-state index in [-0.39, 0.29) is 0 Å². The molecular weight excluding hydrogens is 735 g/mol. The molecule has 0 atom stereocenters. The summed E-state index contributed by atoms with van der Waals surface area (Å²) in [6.07, 6.45) is 0. The number of nitrogens with zero attached hydrogens (tertiary/aromatic N) is 1. The first kappa shape index (κ1) is 33.7. The third kappa shape index (κ3) is 5.55. The monoisotopic (exact) mass is 769 g/mol. The molecule has 2 aromatic heterocycles. The molecule has 0 unspecified atom stereocenters. The molecule has 3 heteroatoms. The molecule has 0 fully saturated rings. The second kappa shape index (κ2) is 13.6. The van der Waals surface area contributed by atoms with E-state index in [1.807, 2.05) is 23.5 Å². The summed E-state index contributed by atoms with van der Waals surface area (Å²) in [6.45, 7) is 0. The van der Waals surface area contributed by atoms with Crippen LogP contribution in [0.3, 0.4) is 0 Å². The normalized spacial score (nSPS) is 11.7. The van der Waals surface area contributed by atoms with Crippen molar-refractivity contribution in [2.45, 2.75) is 0 Å². The van der Waals surface area contributed by atoms with Crippen LogP contribution in [0.2, 0.25) is 0 Å². The summed E-state index contributed by atoms with van der Waals surface area (Å²) >= 11 is 1.86. The van der Waals surface area contributed by atoms with Gasteiger partial charge in [-0.15, -0.1) is 11.3 Å². The number of rotatable bonds is 6. The van der Waals surface area contributed by atoms with Gasteiger partial charge in [-0.1, -0.05) is 158 Å². The molecule has 0 aliphatic heterocycles. The minimum absolute atomic E-state index is 0.904. The van der Waals surface area contributed by atoms with Gasteiger partial charge in [-0.25, -0.2) is 0 Å². The zero-order valence-corrected chi connectivity index (χ0v) is 32.8. The second-order valence-corrected chi connectivity index (χ2v) is 16.3. The van der Waals surface area contributed by atoms with Crippen LogP contribution in [-0.2, 0) is 0 Å². The number of thiophene rings is 1. The van der Waals surface area contributed by atoms with Gasteiger partial charge in [-0.3, -0.25) is 0 Å². The van der Waals surface area contributed by atoms with Crippen molar-refractivity contribution in [2.24, 2.45) is 0 Å². The van der Waals surface area contributed by atoms with Crippen LogP contribution in [0.15, 0.2) is 217 Å². The molecule has 0 aliphatic rings. The van der Waals surface area contributed by atoms with E-state index >= 15 is 0 Å². The van der Waals surface area contributed by atoms with Gasteiger partial charge >= 0.3 is 0 Å². The maximum absolute atomic E-state index is 6.18. The van der Waals surface area contributed by atoms with Crippen molar-refractivity contribution in [1.29, 1.82) is 0 Å². The highest BCUT2D eigenvalue weighted by Crippen LogP contribution is 2.49. The van der Waals surface area contributed by atoms with Gasteiger partial charge in [0.1, 0.15) is 11.2 Å². The van der Waals surface area contributed by atoms with Gasteiger partial charge in [-0.05, 0) is 104 Å². The van der Waals surface area contributed by atoms with E-state index in [0.29, 0.717) is 0 Å². The standard InChI is InChI=1S/C56H35NOS/c1-2-13-37(14-3-1)43-31-27-40(49-34-39-15-4-5-16-42(39)44-17-6-7-18-45(44)49)35-52(43)57(51-22-12-21-48-47-20-9-11-24-55(47)59-56(48)51)41-29-25-36(26-30-41)38-28-32-54-50(33-38)46-19-8-10-23-53(46)58-54/h1-35H. The Morgan fingerprint density at radius 2 is 1.00 bits per heavy atom. The molecule has 12 rings (SSSR count). The Kier molecular flexibility index (Phi) is 7.75. The Labute approximate surface area is 345 Å². The van der Waals surface area contributed by atoms with Crippen molar-refractivity contribution in [3.63, 3.8) is 0 Å². The molecule has 0 radical (unpaired) electrons. The summed E-state index contributed by atoms with van der Waals surface area (Å²) in [5.41, 5.74) is 12.2. The van der Waals surface area contributed by atoms with Gasteiger partial charge in [-0.2, -0.15) is 0 Å². The van der Waals surface area contributed by atoms with E-state index in [4.69, 9.17) is 4.42 Å². The van der Waals surface area contributed by atoms with Crippen LogP contribution in [0.1, 0.15) is 0 Å². The maximum atomic E-state index is 6.18. The van der Waals surface area contributed by atoms with E-state index in [9.17, 15) is 0 Å². The number of benzene rings is 10. The van der Waals surface area contributed by atoms with E-state index in [0.717, 1.165) is 50.1 Å². The number of hydrogen-bond donors (Lipinski definition) is 0. The lowest BCUT2D eigenvalue weighted by atomic mass is 9.91. The molecular formula is C56H35NOS. The predicted molar refractivity (Wildman–Crippen MR) is 253 cm³/mol. The highest BCUT2D eigenvalue weighted by atomic mass is 32.1. The van der Waals surface area contributed by atoms with Crippen molar-refractivity contribution in [3.8, 4) is 33.4 Å². The molecule has 0 aliphatic carbocycles. The Bertz CT molecular complexity index is 3560. The smallest absolute Gasteiger partial charge is 0.135 e. The minimum Gasteiger partial charge on any atom is -0.456 e. The zero-order valence-electron chi connectivity index (χ0n) is 32.0. The fourth-order valence-electron chi connectivity index (χ4n) is 9.06. The topological polar surface area (TPSA) is 16.4 Å². The number of furan rings is 1. The summed E-state index contributed by atoms with van der Waals surface area (Å²) in [5.74, 6) is 0. The maximum Gasteiger partial charge on any atom is 0.135 e. The van der Waals surface area contributed by atoms with Crippen molar-refractivity contribution in [3.05, 3.63) is 212 Å². The van der Waals surface area contributed by atoms with Crippen LogP contribution in [0.25, 0.3) is 97.0 Å². The molecule has 0 spiro atoms. The van der Waals surface area contributed by atoms with Crippen LogP contribution in [0.4, 0.5) is 17.1 Å². The third-order valence-electron chi connectivity index (χ3n) is 11.9. The predicted octanol–water partition coefficient (Wildman–Crippen LogP) is 16.7. The third-order valence-corrected chi connectivity index (χ3v) is 13.1. The van der Waals surface area contributed by atoms with E-state index in [1.165, 1.54) is 64.0 Å². The lowest BCUT2D eigenvalue weighted by Gasteiger charge is -2.29. The van der Waals surface area contributed by atoms with E-state index in [2.05, 4.69) is 205 Å². The molecule has 12 aromatic rings. The van der Waals surface area contributed by atoms with Crippen LogP contribution in [0, 0.1) is 0 Å². The molecule has 0 amide bonds. The average molecular weight is 770 g/mol. The molecule has 0 saturated heterocycles. The highest BCUT2D eigenvalue weighted by molar-refractivity contribution is 7.26. The van der Waals surface area contributed by atoms with Crippen molar-refractivity contribution in [1.82, 2.24) is 0 Å². The van der Waals surface area contributed by atoms with Crippen molar-refractivity contribution >= 4 is 92.1 Å². The van der Waals surface area contributed by atoms with Gasteiger partial charge in [0.2, 0.25) is 0 Å². The molecule has 0 bridgehead atoms. The van der Waals surface area contributed by atoms with E-state index < -0.39 is 0 Å². The minimum atomic E-state index is 0.904. The van der Waals surface area contributed by atoms with Crippen molar-refractivity contribution in [2.75, 3.05) is 4.90 Å². The molecule has 2 heterocycles. The fraction of sp³-hybridized carbons (Fsp3) is 0. The summed E-state index contributed by atoms with van der Waals surface area (Å²) in [6, 6.07) is 77.2. The molecule has 0 N–H and O–H groups in total. The van der Waals surface area contributed by atoms with Gasteiger partial charge in [0.05, 0.1) is 16.1 Å². The van der Waals surface area contributed by atoms with Crippen LogP contribution >= 0.6 is 11.3 Å². The number of fused-ring (bicyclic) bond motifs is 9. The molecule has 0 saturated carbocycles. The zero-order chi connectivity index (χ0) is 38.9. The first-order valence-electron chi connectivity index (χ1n) is 20.1. The van der Waals surface area contributed by atoms with Crippen LogP contribution in [0.5, 0.6) is 0 Å². The average Bonchev–Trinajstić information content (AvgIpc) is 3.88. The molecule has 59 heavy (non-hydrogen) atoms. The summed E-state index contributed by atoms with van der Waals surface area (Å²) in [7, 11) is 0.